The Morgan fingerprint density at radius 1 is 1.22 bits per heavy atom. The summed E-state index contributed by atoms with van der Waals surface area (Å²) in [5.74, 6) is 0.0966. The van der Waals surface area contributed by atoms with Gasteiger partial charge < -0.3 is 18.7 Å². The van der Waals surface area contributed by atoms with Crippen LogP contribution in [0.3, 0.4) is 0 Å². The van der Waals surface area contributed by atoms with E-state index in [-0.39, 0.29) is 11.4 Å². The molecule has 1 amide bonds. The second-order valence-corrected chi connectivity index (χ2v) is 4.82. The molecular weight excluding hydrogens is 304 g/mol. The normalized spacial score (nSPS) is 12.6. The maximum Gasteiger partial charge on any atom is 0.338 e. The number of benzene rings is 1. The summed E-state index contributed by atoms with van der Waals surface area (Å²) in [6, 6.07) is 6.26. The van der Waals surface area contributed by atoms with Gasteiger partial charge in [0.05, 0.1) is 11.3 Å². The number of nitrogens with zero attached hydrogens (tertiary/aromatic N) is 1. The number of hydrogen-bond acceptors (Lipinski definition) is 7. The van der Waals surface area contributed by atoms with Crippen LogP contribution in [0.4, 0.5) is 5.88 Å². The van der Waals surface area contributed by atoms with Gasteiger partial charge in [-0.1, -0.05) is 5.16 Å². The van der Waals surface area contributed by atoms with Crippen molar-refractivity contribution in [3.8, 4) is 11.5 Å². The SMILES string of the molecule is Cc1cc(NC(=O)COC(=O)c2ccc3c(c2)OCCO3)on1. The number of fused-ring (bicyclic) bond motifs is 1. The fourth-order valence-electron chi connectivity index (χ4n) is 1.98. The highest BCUT2D eigenvalue weighted by molar-refractivity contribution is 5.95. The van der Waals surface area contributed by atoms with Gasteiger partial charge in [0.15, 0.2) is 18.1 Å². The number of carbonyl (C=O) groups is 2. The Hall–Kier alpha value is -3.03. The Morgan fingerprint density at radius 2 is 2.00 bits per heavy atom. The highest BCUT2D eigenvalue weighted by atomic mass is 16.6. The van der Waals surface area contributed by atoms with Crippen molar-refractivity contribution in [3.05, 3.63) is 35.5 Å². The molecular formula is C15H14N2O6. The number of aryl methyl sites for hydroxylation is 1. The second kappa shape index (κ2) is 6.39. The fraction of sp³-hybridized carbons (Fsp3) is 0.267. The number of carbonyl (C=O) groups excluding carboxylic acids is 2. The minimum atomic E-state index is -0.633. The first kappa shape index (κ1) is 14.9. The number of amides is 1. The predicted molar refractivity (Wildman–Crippen MR) is 77.6 cm³/mol. The van der Waals surface area contributed by atoms with Gasteiger partial charge in [-0.2, -0.15) is 0 Å². The minimum Gasteiger partial charge on any atom is -0.486 e. The number of anilines is 1. The monoisotopic (exact) mass is 318 g/mol. The third-order valence-electron chi connectivity index (χ3n) is 3.00. The standard InChI is InChI=1S/C15H14N2O6/c1-9-6-14(23-17-9)16-13(18)8-22-15(19)10-2-3-11-12(7-10)21-5-4-20-11/h2-3,6-7H,4-5,8H2,1H3,(H,16,18). The molecule has 2 aromatic rings. The third-order valence-corrected chi connectivity index (χ3v) is 3.00. The molecule has 8 nitrogen and oxygen atoms in total. The van der Waals surface area contributed by atoms with Crippen molar-refractivity contribution >= 4 is 17.8 Å². The first-order valence-electron chi connectivity index (χ1n) is 6.92. The van der Waals surface area contributed by atoms with Gasteiger partial charge in [0.2, 0.25) is 5.88 Å². The molecule has 0 saturated carbocycles. The van der Waals surface area contributed by atoms with Gasteiger partial charge in [0, 0.05) is 6.07 Å². The lowest BCUT2D eigenvalue weighted by Gasteiger charge is -2.18. The molecule has 0 unspecified atom stereocenters. The highest BCUT2D eigenvalue weighted by Gasteiger charge is 2.17. The Labute approximate surface area is 131 Å². The van der Waals surface area contributed by atoms with Crippen molar-refractivity contribution in [2.24, 2.45) is 0 Å². The molecule has 0 spiro atoms. The van der Waals surface area contributed by atoms with Gasteiger partial charge in [-0.15, -0.1) is 0 Å². The number of ether oxygens (including phenoxy) is 3. The minimum absolute atomic E-state index is 0.197. The molecule has 23 heavy (non-hydrogen) atoms. The van der Waals surface area contributed by atoms with Crippen LogP contribution in [0, 0.1) is 6.92 Å². The third kappa shape index (κ3) is 3.60. The number of esters is 1. The van der Waals surface area contributed by atoms with Gasteiger partial charge in [-0.05, 0) is 25.1 Å². The average Bonchev–Trinajstić information content (AvgIpc) is 2.97. The lowest BCUT2D eigenvalue weighted by Crippen LogP contribution is -2.21. The molecule has 0 saturated heterocycles. The van der Waals surface area contributed by atoms with Crippen LogP contribution in [-0.2, 0) is 9.53 Å². The Balaban J connectivity index is 1.55. The zero-order valence-electron chi connectivity index (χ0n) is 12.3. The molecule has 0 bridgehead atoms. The Morgan fingerprint density at radius 3 is 2.74 bits per heavy atom. The van der Waals surface area contributed by atoms with Gasteiger partial charge in [-0.3, -0.25) is 10.1 Å². The summed E-state index contributed by atoms with van der Waals surface area (Å²) in [5.41, 5.74) is 0.908. The maximum atomic E-state index is 12.0. The molecule has 0 radical (unpaired) electrons. The topological polar surface area (TPSA) is 99.9 Å². The zero-order valence-corrected chi connectivity index (χ0v) is 12.3. The van der Waals surface area contributed by atoms with Crippen molar-refractivity contribution in [1.29, 1.82) is 0 Å². The summed E-state index contributed by atoms with van der Waals surface area (Å²) in [4.78, 5) is 23.6. The van der Waals surface area contributed by atoms with E-state index in [1.807, 2.05) is 0 Å². The molecule has 0 atom stereocenters. The molecule has 0 aliphatic carbocycles. The van der Waals surface area contributed by atoms with Crippen molar-refractivity contribution < 1.29 is 28.3 Å². The number of aromatic nitrogens is 1. The number of hydrogen-bond donors (Lipinski definition) is 1. The molecule has 1 aromatic carbocycles. The van der Waals surface area contributed by atoms with Crippen LogP contribution >= 0.6 is 0 Å². The van der Waals surface area contributed by atoms with Crippen LogP contribution in [0.25, 0.3) is 0 Å². The highest BCUT2D eigenvalue weighted by Crippen LogP contribution is 2.30. The average molecular weight is 318 g/mol. The lowest BCUT2D eigenvalue weighted by atomic mass is 10.2. The molecule has 1 N–H and O–H groups in total. The molecule has 3 rings (SSSR count). The zero-order chi connectivity index (χ0) is 16.2. The van der Waals surface area contributed by atoms with Crippen molar-refractivity contribution in [3.63, 3.8) is 0 Å². The smallest absolute Gasteiger partial charge is 0.338 e. The quantitative estimate of drug-likeness (QED) is 0.854. The predicted octanol–water partition coefficient (Wildman–Crippen LogP) is 1.55. The van der Waals surface area contributed by atoms with Gasteiger partial charge in [0.1, 0.15) is 13.2 Å². The van der Waals surface area contributed by atoms with E-state index in [1.165, 1.54) is 6.07 Å². The Bertz CT molecular complexity index is 739. The largest absolute Gasteiger partial charge is 0.486 e. The first-order valence-corrected chi connectivity index (χ1v) is 6.92. The fourth-order valence-corrected chi connectivity index (χ4v) is 1.98. The molecule has 8 heteroatoms. The van der Waals surface area contributed by atoms with Crippen LogP contribution in [0.5, 0.6) is 11.5 Å². The molecule has 1 aliphatic rings. The van der Waals surface area contributed by atoms with Crippen LogP contribution in [-0.4, -0.2) is 36.9 Å². The van der Waals surface area contributed by atoms with E-state index in [9.17, 15) is 9.59 Å². The maximum absolute atomic E-state index is 12.0. The lowest BCUT2D eigenvalue weighted by molar-refractivity contribution is -0.119. The Kier molecular flexibility index (Phi) is 4.13. The molecule has 1 aliphatic heterocycles. The summed E-state index contributed by atoms with van der Waals surface area (Å²) < 4.78 is 20.5. The number of rotatable bonds is 4. The van der Waals surface area contributed by atoms with E-state index in [0.717, 1.165) is 0 Å². The van der Waals surface area contributed by atoms with Crippen LogP contribution in [0.15, 0.2) is 28.8 Å². The molecule has 0 fully saturated rings. The molecule has 120 valence electrons. The summed E-state index contributed by atoms with van der Waals surface area (Å²) in [5, 5.41) is 6.06. The number of nitrogens with one attached hydrogen (secondary N) is 1. The second-order valence-electron chi connectivity index (χ2n) is 4.82. The van der Waals surface area contributed by atoms with E-state index < -0.39 is 18.5 Å². The van der Waals surface area contributed by atoms with E-state index in [0.29, 0.717) is 30.4 Å². The summed E-state index contributed by atoms with van der Waals surface area (Å²) in [6.07, 6.45) is 0. The van der Waals surface area contributed by atoms with Crippen molar-refractivity contribution in [2.45, 2.75) is 6.92 Å². The van der Waals surface area contributed by atoms with E-state index >= 15 is 0 Å². The van der Waals surface area contributed by atoms with Crippen molar-refractivity contribution in [2.75, 3.05) is 25.1 Å². The van der Waals surface area contributed by atoms with Gasteiger partial charge in [-0.25, -0.2) is 4.79 Å². The van der Waals surface area contributed by atoms with Crippen molar-refractivity contribution in [1.82, 2.24) is 5.16 Å². The summed E-state index contributed by atoms with van der Waals surface area (Å²) in [7, 11) is 0. The van der Waals surface area contributed by atoms with E-state index in [4.69, 9.17) is 18.7 Å². The van der Waals surface area contributed by atoms with E-state index in [1.54, 1.807) is 25.1 Å². The van der Waals surface area contributed by atoms with Crippen LogP contribution in [0.1, 0.15) is 16.1 Å². The van der Waals surface area contributed by atoms with Gasteiger partial charge in [0.25, 0.3) is 5.91 Å². The summed E-state index contributed by atoms with van der Waals surface area (Å²) >= 11 is 0. The summed E-state index contributed by atoms with van der Waals surface area (Å²) in [6.45, 7) is 2.18. The first-order chi connectivity index (χ1) is 11.1. The van der Waals surface area contributed by atoms with E-state index in [2.05, 4.69) is 10.5 Å². The van der Waals surface area contributed by atoms with Crippen LogP contribution < -0.4 is 14.8 Å². The van der Waals surface area contributed by atoms with Gasteiger partial charge >= 0.3 is 5.97 Å². The molecule has 1 aromatic heterocycles. The van der Waals surface area contributed by atoms with Crippen LogP contribution in [0.2, 0.25) is 0 Å². The molecule has 2 heterocycles.